The van der Waals surface area contributed by atoms with Crippen LogP contribution in [0, 0.1) is 5.92 Å². The van der Waals surface area contributed by atoms with Gasteiger partial charge in [0.05, 0.1) is 6.61 Å². The van der Waals surface area contributed by atoms with E-state index < -0.39 is 0 Å². The lowest BCUT2D eigenvalue weighted by Gasteiger charge is -2.11. The predicted molar refractivity (Wildman–Crippen MR) is 67.5 cm³/mol. The fourth-order valence-electron chi connectivity index (χ4n) is 1.19. The molecule has 0 aromatic carbocycles. The van der Waals surface area contributed by atoms with Gasteiger partial charge in [-0.1, -0.05) is 25.5 Å². The molecule has 3 nitrogen and oxygen atoms in total. The van der Waals surface area contributed by atoms with Crippen LogP contribution in [-0.2, 0) is 4.74 Å². The molecule has 0 bridgehead atoms. The van der Waals surface area contributed by atoms with Crippen LogP contribution in [0.3, 0.4) is 0 Å². The second-order valence-electron chi connectivity index (χ2n) is 4.78. The van der Waals surface area contributed by atoms with Gasteiger partial charge in [-0.2, -0.15) is 0 Å². The van der Waals surface area contributed by atoms with Gasteiger partial charge in [-0.15, -0.1) is 0 Å². The number of allylic oxidation sites excluding steroid dienone is 1. The molecule has 0 heterocycles. The number of carbonyl (C=O) groups is 1. The summed E-state index contributed by atoms with van der Waals surface area (Å²) in [6.07, 6.45) is 5.14. The van der Waals surface area contributed by atoms with E-state index in [2.05, 4.69) is 26.8 Å². The predicted octanol–water partition coefficient (Wildman–Crippen LogP) is 3.46. The second kappa shape index (κ2) is 8.20. The summed E-state index contributed by atoms with van der Waals surface area (Å²) in [4.78, 5) is 12.6. The largest absolute Gasteiger partial charge is 0.449 e. The Labute approximate surface area is 99.5 Å². The first-order chi connectivity index (χ1) is 7.43. The smallest absolute Gasteiger partial charge is 0.409 e. The van der Waals surface area contributed by atoms with Crippen molar-refractivity contribution in [2.45, 2.75) is 40.0 Å². The highest BCUT2D eigenvalue weighted by Crippen LogP contribution is 2.08. The summed E-state index contributed by atoms with van der Waals surface area (Å²) in [5.74, 6) is 0.746. The van der Waals surface area contributed by atoms with Gasteiger partial charge in [0, 0.05) is 20.5 Å². The van der Waals surface area contributed by atoms with Crippen molar-refractivity contribution in [3.8, 4) is 0 Å². The van der Waals surface area contributed by atoms with Gasteiger partial charge in [0.15, 0.2) is 0 Å². The zero-order chi connectivity index (χ0) is 12.6. The zero-order valence-electron chi connectivity index (χ0n) is 11.2. The molecule has 0 unspecified atom stereocenters. The molecule has 0 saturated carbocycles. The highest BCUT2D eigenvalue weighted by Gasteiger charge is 2.03. The zero-order valence-corrected chi connectivity index (χ0v) is 11.2. The number of rotatable bonds is 6. The van der Waals surface area contributed by atoms with E-state index in [4.69, 9.17) is 4.74 Å². The number of hydrogen-bond acceptors (Lipinski definition) is 2. The van der Waals surface area contributed by atoms with Gasteiger partial charge in [-0.05, 0) is 25.7 Å². The monoisotopic (exact) mass is 227 g/mol. The van der Waals surface area contributed by atoms with Crippen molar-refractivity contribution in [3.63, 3.8) is 0 Å². The normalized spacial score (nSPS) is 11.8. The molecule has 0 aromatic heterocycles. The summed E-state index contributed by atoms with van der Waals surface area (Å²) in [5, 5.41) is 0. The fourth-order valence-corrected chi connectivity index (χ4v) is 1.19. The minimum absolute atomic E-state index is 0.269. The lowest BCUT2D eigenvalue weighted by molar-refractivity contribution is 0.119. The SMILES string of the molecule is C/C(=C\CCC(C)C)CCOC(=O)N(C)C. The number of hydrogen-bond donors (Lipinski definition) is 0. The lowest BCUT2D eigenvalue weighted by atomic mass is 10.1. The molecule has 0 atom stereocenters. The summed E-state index contributed by atoms with van der Waals surface area (Å²) < 4.78 is 5.05. The quantitative estimate of drug-likeness (QED) is 0.650. The minimum atomic E-state index is -0.269. The number of amides is 1. The van der Waals surface area contributed by atoms with Crippen LogP contribution in [-0.4, -0.2) is 31.7 Å². The van der Waals surface area contributed by atoms with Gasteiger partial charge in [-0.25, -0.2) is 4.79 Å². The van der Waals surface area contributed by atoms with Gasteiger partial charge in [-0.3, -0.25) is 0 Å². The van der Waals surface area contributed by atoms with E-state index in [-0.39, 0.29) is 6.09 Å². The topological polar surface area (TPSA) is 29.5 Å². The van der Waals surface area contributed by atoms with Crippen LogP contribution in [0.15, 0.2) is 11.6 Å². The number of carbonyl (C=O) groups excluding carboxylic acids is 1. The molecule has 0 N–H and O–H groups in total. The molecule has 0 aliphatic carbocycles. The van der Waals surface area contributed by atoms with Crippen molar-refractivity contribution in [1.82, 2.24) is 4.90 Å². The summed E-state index contributed by atoms with van der Waals surface area (Å²) in [7, 11) is 3.38. The van der Waals surface area contributed by atoms with Crippen LogP contribution < -0.4 is 0 Å². The summed E-state index contributed by atoms with van der Waals surface area (Å²) in [5.41, 5.74) is 1.30. The molecule has 94 valence electrons. The maximum atomic E-state index is 11.1. The van der Waals surface area contributed by atoms with E-state index >= 15 is 0 Å². The van der Waals surface area contributed by atoms with Crippen molar-refractivity contribution in [2.24, 2.45) is 5.92 Å². The highest BCUT2D eigenvalue weighted by molar-refractivity contribution is 5.66. The molecular formula is C13H25NO2. The van der Waals surface area contributed by atoms with Crippen molar-refractivity contribution in [1.29, 1.82) is 0 Å². The first-order valence-electron chi connectivity index (χ1n) is 5.93. The molecule has 0 aliphatic rings. The van der Waals surface area contributed by atoms with Crippen LogP contribution in [0.25, 0.3) is 0 Å². The Hall–Kier alpha value is -0.990. The van der Waals surface area contributed by atoms with Gasteiger partial charge < -0.3 is 9.64 Å². The summed E-state index contributed by atoms with van der Waals surface area (Å²) >= 11 is 0. The first kappa shape index (κ1) is 15.0. The number of ether oxygens (including phenoxy) is 1. The molecule has 0 radical (unpaired) electrons. The van der Waals surface area contributed by atoms with E-state index in [1.165, 1.54) is 16.9 Å². The van der Waals surface area contributed by atoms with Crippen LogP contribution in [0.5, 0.6) is 0 Å². The minimum Gasteiger partial charge on any atom is -0.449 e. The Bertz CT molecular complexity index is 232. The van der Waals surface area contributed by atoms with Gasteiger partial charge in [0.2, 0.25) is 0 Å². The first-order valence-corrected chi connectivity index (χ1v) is 5.93. The molecule has 16 heavy (non-hydrogen) atoms. The molecule has 0 aromatic rings. The Morgan fingerprint density at radius 3 is 2.50 bits per heavy atom. The summed E-state index contributed by atoms with van der Waals surface area (Å²) in [6.45, 7) is 7.01. The lowest BCUT2D eigenvalue weighted by Crippen LogP contribution is -2.23. The van der Waals surface area contributed by atoms with Gasteiger partial charge >= 0.3 is 6.09 Å². The Balaban J connectivity index is 3.64. The molecular weight excluding hydrogens is 202 g/mol. The molecule has 0 saturated heterocycles. The standard InChI is InChI=1S/C13H25NO2/c1-11(2)7-6-8-12(3)9-10-16-13(15)14(4)5/h8,11H,6-7,9-10H2,1-5H3/b12-8+. The highest BCUT2D eigenvalue weighted by atomic mass is 16.6. The van der Waals surface area contributed by atoms with Crippen molar-refractivity contribution < 1.29 is 9.53 Å². The third-order valence-corrected chi connectivity index (χ3v) is 2.32. The number of nitrogens with zero attached hydrogens (tertiary/aromatic N) is 1. The van der Waals surface area contributed by atoms with E-state index in [9.17, 15) is 4.79 Å². The van der Waals surface area contributed by atoms with Crippen molar-refractivity contribution in [3.05, 3.63) is 11.6 Å². The average molecular weight is 227 g/mol. The average Bonchev–Trinajstić information content (AvgIpc) is 2.16. The maximum Gasteiger partial charge on any atom is 0.409 e. The van der Waals surface area contributed by atoms with E-state index in [0.717, 1.165) is 18.8 Å². The van der Waals surface area contributed by atoms with Gasteiger partial charge in [0.25, 0.3) is 0 Å². The molecule has 0 aliphatic heterocycles. The fraction of sp³-hybridized carbons (Fsp3) is 0.769. The molecule has 1 amide bonds. The maximum absolute atomic E-state index is 11.1. The molecule has 0 fully saturated rings. The second-order valence-corrected chi connectivity index (χ2v) is 4.78. The van der Waals surface area contributed by atoms with E-state index in [0.29, 0.717) is 6.61 Å². The van der Waals surface area contributed by atoms with Crippen LogP contribution in [0.1, 0.15) is 40.0 Å². The van der Waals surface area contributed by atoms with Crippen molar-refractivity contribution >= 4 is 6.09 Å². The van der Waals surface area contributed by atoms with E-state index in [1.807, 2.05) is 0 Å². The van der Waals surface area contributed by atoms with Crippen LogP contribution in [0.4, 0.5) is 4.79 Å². The van der Waals surface area contributed by atoms with Crippen LogP contribution >= 0.6 is 0 Å². The molecule has 3 heteroatoms. The third kappa shape index (κ3) is 8.33. The van der Waals surface area contributed by atoms with E-state index in [1.54, 1.807) is 14.1 Å². The summed E-state index contributed by atoms with van der Waals surface area (Å²) in [6, 6.07) is 0. The Morgan fingerprint density at radius 2 is 2.00 bits per heavy atom. The Kier molecular flexibility index (Phi) is 7.69. The Morgan fingerprint density at radius 1 is 1.38 bits per heavy atom. The molecule has 0 spiro atoms. The van der Waals surface area contributed by atoms with Crippen molar-refractivity contribution in [2.75, 3.05) is 20.7 Å². The molecule has 0 rings (SSSR count). The van der Waals surface area contributed by atoms with Gasteiger partial charge in [0.1, 0.15) is 0 Å². The third-order valence-electron chi connectivity index (χ3n) is 2.32. The van der Waals surface area contributed by atoms with Crippen LogP contribution in [0.2, 0.25) is 0 Å².